The zero-order valence-electron chi connectivity index (χ0n) is 15.8. The number of benzene rings is 1. The van der Waals surface area contributed by atoms with Gasteiger partial charge in [0.15, 0.2) is 0 Å². The van der Waals surface area contributed by atoms with Crippen LogP contribution in [0, 0.1) is 5.92 Å². The standard InChI is InChI=1S/C20H32N2O3.ClH/c1-14(2)25-16-6-3-5-15(11-16)20(23)12-22-18-8-4-7-17(18)19-13-24-10-9-21-19;/h3,5-6,11,14,17-23H,4,7-10,12-13H2,1-2H3;1H. The molecule has 1 saturated carbocycles. The first-order valence-corrected chi connectivity index (χ1v) is 9.62. The molecule has 26 heavy (non-hydrogen) atoms. The van der Waals surface area contributed by atoms with Gasteiger partial charge in [0.25, 0.3) is 0 Å². The molecule has 3 N–H and O–H groups in total. The van der Waals surface area contributed by atoms with Crippen molar-refractivity contribution < 1.29 is 14.6 Å². The number of ether oxygens (including phenoxy) is 2. The van der Waals surface area contributed by atoms with Gasteiger partial charge in [-0.15, -0.1) is 12.4 Å². The van der Waals surface area contributed by atoms with Crippen LogP contribution in [0.1, 0.15) is 44.8 Å². The van der Waals surface area contributed by atoms with E-state index in [1.807, 2.05) is 38.1 Å². The molecule has 3 rings (SSSR count). The SMILES string of the molecule is CC(C)Oc1cccc(C(O)CNC2CCCC2C2COCCN2)c1.Cl. The summed E-state index contributed by atoms with van der Waals surface area (Å²) in [4.78, 5) is 0. The first kappa shape index (κ1) is 21.5. The molecule has 2 aliphatic rings. The Morgan fingerprint density at radius 3 is 2.92 bits per heavy atom. The molecule has 1 aromatic rings. The van der Waals surface area contributed by atoms with Gasteiger partial charge in [-0.2, -0.15) is 0 Å². The summed E-state index contributed by atoms with van der Waals surface area (Å²) >= 11 is 0. The van der Waals surface area contributed by atoms with Crippen LogP contribution in [0.15, 0.2) is 24.3 Å². The molecule has 0 spiro atoms. The molecule has 0 bridgehead atoms. The third kappa shape index (κ3) is 5.83. The van der Waals surface area contributed by atoms with E-state index >= 15 is 0 Å². The number of morpholine rings is 1. The summed E-state index contributed by atoms with van der Waals surface area (Å²) in [5.74, 6) is 1.40. The molecule has 148 valence electrons. The molecule has 1 saturated heterocycles. The van der Waals surface area contributed by atoms with E-state index in [0.29, 0.717) is 24.5 Å². The highest BCUT2D eigenvalue weighted by Crippen LogP contribution is 2.30. The fourth-order valence-electron chi connectivity index (χ4n) is 4.03. The van der Waals surface area contributed by atoms with Crippen molar-refractivity contribution in [1.82, 2.24) is 10.6 Å². The topological polar surface area (TPSA) is 62.8 Å². The van der Waals surface area contributed by atoms with Crippen molar-refractivity contribution in [1.29, 1.82) is 0 Å². The number of nitrogens with one attached hydrogen (secondary N) is 2. The summed E-state index contributed by atoms with van der Waals surface area (Å²) in [6.07, 6.45) is 3.26. The fourth-order valence-corrected chi connectivity index (χ4v) is 4.03. The number of rotatable bonds is 7. The van der Waals surface area contributed by atoms with Gasteiger partial charge < -0.3 is 25.2 Å². The van der Waals surface area contributed by atoms with Gasteiger partial charge in [-0.1, -0.05) is 18.6 Å². The minimum absolute atomic E-state index is 0. The number of hydrogen-bond acceptors (Lipinski definition) is 5. The lowest BCUT2D eigenvalue weighted by atomic mass is 9.93. The average molecular weight is 385 g/mol. The van der Waals surface area contributed by atoms with E-state index in [1.54, 1.807) is 0 Å². The maximum absolute atomic E-state index is 10.6. The molecule has 4 atom stereocenters. The Balaban J connectivity index is 0.00000243. The van der Waals surface area contributed by atoms with Gasteiger partial charge in [-0.05, 0) is 50.3 Å². The van der Waals surface area contributed by atoms with Crippen LogP contribution in [0.5, 0.6) is 5.75 Å². The summed E-state index contributed by atoms with van der Waals surface area (Å²) in [6.45, 7) is 7.15. The fraction of sp³-hybridized carbons (Fsp3) is 0.700. The van der Waals surface area contributed by atoms with Gasteiger partial charge in [0, 0.05) is 25.2 Å². The second-order valence-corrected chi connectivity index (χ2v) is 7.50. The van der Waals surface area contributed by atoms with Gasteiger partial charge in [-0.3, -0.25) is 0 Å². The zero-order valence-corrected chi connectivity index (χ0v) is 16.6. The summed E-state index contributed by atoms with van der Waals surface area (Å²) in [5, 5.41) is 17.8. The second-order valence-electron chi connectivity index (χ2n) is 7.50. The van der Waals surface area contributed by atoms with E-state index < -0.39 is 6.10 Å². The molecule has 1 aliphatic carbocycles. The first-order valence-electron chi connectivity index (χ1n) is 9.62. The van der Waals surface area contributed by atoms with Crippen LogP contribution in [0.2, 0.25) is 0 Å². The lowest BCUT2D eigenvalue weighted by Gasteiger charge is -2.33. The van der Waals surface area contributed by atoms with E-state index in [9.17, 15) is 5.11 Å². The molecule has 1 heterocycles. The average Bonchev–Trinajstić information content (AvgIpc) is 3.08. The van der Waals surface area contributed by atoms with Gasteiger partial charge in [0.05, 0.1) is 25.4 Å². The molecule has 0 amide bonds. The monoisotopic (exact) mass is 384 g/mol. The maximum Gasteiger partial charge on any atom is 0.120 e. The third-order valence-electron chi connectivity index (χ3n) is 5.22. The third-order valence-corrected chi connectivity index (χ3v) is 5.22. The molecule has 1 aromatic carbocycles. The van der Waals surface area contributed by atoms with Crippen molar-refractivity contribution in [3.05, 3.63) is 29.8 Å². The Morgan fingerprint density at radius 1 is 1.35 bits per heavy atom. The highest BCUT2D eigenvalue weighted by atomic mass is 35.5. The van der Waals surface area contributed by atoms with Crippen LogP contribution < -0.4 is 15.4 Å². The van der Waals surface area contributed by atoms with Crippen molar-refractivity contribution >= 4 is 12.4 Å². The van der Waals surface area contributed by atoms with Crippen LogP contribution in [-0.4, -0.2) is 49.6 Å². The predicted molar refractivity (Wildman–Crippen MR) is 106 cm³/mol. The van der Waals surface area contributed by atoms with Gasteiger partial charge in [-0.25, -0.2) is 0 Å². The van der Waals surface area contributed by atoms with E-state index in [0.717, 1.165) is 31.1 Å². The van der Waals surface area contributed by atoms with E-state index in [2.05, 4.69) is 10.6 Å². The van der Waals surface area contributed by atoms with Gasteiger partial charge in [0.1, 0.15) is 5.75 Å². The predicted octanol–water partition coefficient (Wildman–Crippen LogP) is 2.68. The molecule has 5 nitrogen and oxygen atoms in total. The zero-order chi connectivity index (χ0) is 17.6. The van der Waals surface area contributed by atoms with Gasteiger partial charge in [0.2, 0.25) is 0 Å². The lowest BCUT2D eigenvalue weighted by Crippen LogP contribution is -2.51. The smallest absolute Gasteiger partial charge is 0.120 e. The Hall–Kier alpha value is -0.850. The molecule has 0 aromatic heterocycles. The molecule has 1 aliphatic heterocycles. The van der Waals surface area contributed by atoms with Crippen LogP contribution in [0.3, 0.4) is 0 Å². The number of hydrogen-bond donors (Lipinski definition) is 3. The van der Waals surface area contributed by atoms with Gasteiger partial charge >= 0.3 is 0 Å². The van der Waals surface area contributed by atoms with Crippen LogP contribution >= 0.6 is 12.4 Å². The maximum atomic E-state index is 10.6. The van der Waals surface area contributed by atoms with E-state index in [1.165, 1.54) is 19.3 Å². The van der Waals surface area contributed by atoms with Crippen molar-refractivity contribution in [2.45, 2.75) is 57.4 Å². The van der Waals surface area contributed by atoms with Crippen molar-refractivity contribution in [3.8, 4) is 5.75 Å². The molecule has 2 fully saturated rings. The van der Waals surface area contributed by atoms with Crippen LogP contribution in [0.25, 0.3) is 0 Å². The van der Waals surface area contributed by atoms with Crippen LogP contribution in [-0.2, 0) is 4.74 Å². The summed E-state index contributed by atoms with van der Waals surface area (Å²) in [6, 6.07) is 8.66. The number of aliphatic hydroxyl groups excluding tert-OH is 1. The Bertz CT molecular complexity index is 538. The van der Waals surface area contributed by atoms with Crippen molar-refractivity contribution in [2.75, 3.05) is 26.3 Å². The highest BCUT2D eigenvalue weighted by Gasteiger charge is 2.34. The van der Waals surface area contributed by atoms with Crippen molar-refractivity contribution in [2.24, 2.45) is 5.92 Å². The Labute approximate surface area is 163 Å². The molecular weight excluding hydrogens is 352 g/mol. The minimum Gasteiger partial charge on any atom is -0.491 e. The molecule has 0 radical (unpaired) electrons. The lowest BCUT2D eigenvalue weighted by molar-refractivity contribution is 0.0513. The summed E-state index contributed by atoms with van der Waals surface area (Å²) in [7, 11) is 0. The molecule has 6 heteroatoms. The quantitative estimate of drug-likeness (QED) is 0.674. The summed E-state index contributed by atoms with van der Waals surface area (Å²) in [5.41, 5.74) is 0.902. The van der Waals surface area contributed by atoms with E-state index in [4.69, 9.17) is 9.47 Å². The highest BCUT2D eigenvalue weighted by molar-refractivity contribution is 5.85. The summed E-state index contributed by atoms with van der Waals surface area (Å²) < 4.78 is 11.4. The Kier molecular flexibility index (Phi) is 8.64. The molecular formula is C20H33ClN2O3. The number of halogens is 1. The largest absolute Gasteiger partial charge is 0.491 e. The second kappa shape index (κ2) is 10.5. The van der Waals surface area contributed by atoms with Crippen LogP contribution in [0.4, 0.5) is 0 Å². The first-order chi connectivity index (χ1) is 12.1. The normalized spacial score (nSPS) is 27.2. The van der Waals surface area contributed by atoms with E-state index in [-0.39, 0.29) is 18.5 Å². The van der Waals surface area contributed by atoms with Crippen molar-refractivity contribution in [3.63, 3.8) is 0 Å². The molecule has 4 unspecified atom stereocenters. The number of aliphatic hydroxyl groups is 1. The Morgan fingerprint density at radius 2 is 2.19 bits per heavy atom. The minimum atomic E-state index is -0.521.